The van der Waals surface area contributed by atoms with Crippen molar-refractivity contribution >= 4 is 0 Å². The second-order valence-electron chi connectivity index (χ2n) is 3.18. The Kier molecular flexibility index (Phi) is 3.82. The molecule has 0 atom stereocenters. The van der Waals surface area contributed by atoms with Gasteiger partial charge < -0.3 is 0 Å². The minimum absolute atomic E-state index is 1.50. The largest absolute Gasteiger partial charge is 0.0533 e. The van der Waals surface area contributed by atoms with E-state index in [0.717, 1.165) is 0 Å². The Morgan fingerprint density at radius 2 is 0.333 bits per heavy atom. The van der Waals surface area contributed by atoms with Gasteiger partial charge in [0.1, 0.15) is 0 Å². The standard InChI is InChI=1S/C9H18/c1-2-4-6-8-9-7-5-3-1/h1-9H2. The number of hydrogen-bond donors (Lipinski definition) is 0. The Balaban J connectivity index is 2.02. The highest BCUT2D eigenvalue weighted by Crippen LogP contribution is 2.15. The summed E-state index contributed by atoms with van der Waals surface area (Å²) in [4.78, 5) is 0. The van der Waals surface area contributed by atoms with Crippen LogP contribution in [0.4, 0.5) is 0 Å². The van der Waals surface area contributed by atoms with Crippen molar-refractivity contribution in [2.75, 3.05) is 0 Å². The summed E-state index contributed by atoms with van der Waals surface area (Å²) in [6.07, 6.45) is 13.5. The summed E-state index contributed by atoms with van der Waals surface area (Å²) in [7, 11) is 0. The highest BCUT2D eigenvalue weighted by atomic mass is 14.0. The Bertz CT molecular complexity index is 28.5. The van der Waals surface area contributed by atoms with Gasteiger partial charge in [0, 0.05) is 0 Å². The second-order valence-corrected chi connectivity index (χ2v) is 3.18. The first-order valence-corrected chi connectivity index (χ1v) is 4.50. The van der Waals surface area contributed by atoms with E-state index in [-0.39, 0.29) is 0 Å². The maximum atomic E-state index is 1.50. The lowest BCUT2D eigenvalue weighted by atomic mass is 10.1. The van der Waals surface area contributed by atoms with Crippen molar-refractivity contribution in [2.45, 2.75) is 57.8 Å². The van der Waals surface area contributed by atoms with Crippen molar-refractivity contribution < 1.29 is 0 Å². The van der Waals surface area contributed by atoms with Crippen LogP contribution >= 0.6 is 0 Å². The van der Waals surface area contributed by atoms with E-state index in [1.54, 1.807) is 0 Å². The summed E-state index contributed by atoms with van der Waals surface area (Å²) in [6, 6.07) is 0. The van der Waals surface area contributed by atoms with Crippen LogP contribution in [0, 0.1) is 0 Å². The van der Waals surface area contributed by atoms with Crippen LogP contribution in [0.5, 0.6) is 0 Å². The minimum atomic E-state index is 1.50. The first-order valence-electron chi connectivity index (χ1n) is 4.50. The van der Waals surface area contributed by atoms with Crippen LogP contribution in [0.3, 0.4) is 0 Å². The van der Waals surface area contributed by atoms with Crippen LogP contribution in [0.1, 0.15) is 57.8 Å². The molecule has 1 aliphatic carbocycles. The maximum Gasteiger partial charge on any atom is -0.0533 e. The predicted molar refractivity (Wildman–Crippen MR) is 41.6 cm³/mol. The highest BCUT2D eigenvalue weighted by Gasteiger charge is 1.95. The first-order chi connectivity index (χ1) is 4.50. The van der Waals surface area contributed by atoms with E-state index in [2.05, 4.69) is 0 Å². The zero-order chi connectivity index (χ0) is 6.36. The minimum Gasteiger partial charge on any atom is -0.0533 e. The van der Waals surface area contributed by atoms with Crippen LogP contribution in [-0.4, -0.2) is 0 Å². The summed E-state index contributed by atoms with van der Waals surface area (Å²) in [5, 5.41) is 0. The molecule has 0 amide bonds. The predicted octanol–water partition coefficient (Wildman–Crippen LogP) is 3.51. The molecule has 0 nitrogen and oxygen atoms in total. The molecule has 0 spiro atoms. The lowest BCUT2D eigenvalue weighted by Gasteiger charge is -1.93. The molecule has 0 aromatic carbocycles. The Labute approximate surface area is 58.7 Å². The second kappa shape index (κ2) is 4.84. The van der Waals surface area contributed by atoms with Crippen molar-refractivity contribution in [3.8, 4) is 0 Å². The topological polar surface area (TPSA) is 0 Å². The van der Waals surface area contributed by atoms with E-state index in [0.29, 0.717) is 0 Å². The summed E-state index contributed by atoms with van der Waals surface area (Å²) in [5.74, 6) is 0. The van der Waals surface area contributed by atoms with Crippen molar-refractivity contribution in [1.29, 1.82) is 0 Å². The summed E-state index contributed by atoms with van der Waals surface area (Å²) in [5.41, 5.74) is 0. The molecular formula is C9H18. The molecule has 1 rings (SSSR count). The van der Waals surface area contributed by atoms with Gasteiger partial charge in [0.2, 0.25) is 0 Å². The fourth-order valence-corrected chi connectivity index (χ4v) is 1.59. The van der Waals surface area contributed by atoms with E-state index in [1.165, 1.54) is 57.8 Å². The molecule has 0 aliphatic heterocycles. The summed E-state index contributed by atoms with van der Waals surface area (Å²) >= 11 is 0. The molecule has 1 saturated carbocycles. The Morgan fingerprint density at radius 3 is 0.444 bits per heavy atom. The lowest BCUT2D eigenvalue weighted by Crippen LogP contribution is -1.73. The molecule has 0 aromatic rings. The van der Waals surface area contributed by atoms with Gasteiger partial charge in [0.15, 0.2) is 0 Å². The van der Waals surface area contributed by atoms with Crippen molar-refractivity contribution in [3.05, 3.63) is 0 Å². The highest BCUT2D eigenvalue weighted by molar-refractivity contribution is 4.51. The molecule has 0 N–H and O–H groups in total. The molecule has 9 heavy (non-hydrogen) atoms. The van der Waals surface area contributed by atoms with Crippen LogP contribution in [0.15, 0.2) is 0 Å². The molecule has 1 aliphatic rings. The van der Waals surface area contributed by atoms with Crippen molar-refractivity contribution in [3.63, 3.8) is 0 Å². The van der Waals surface area contributed by atoms with Crippen molar-refractivity contribution in [2.24, 2.45) is 0 Å². The molecule has 0 radical (unpaired) electrons. The van der Waals surface area contributed by atoms with Gasteiger partial charge >= 0.3 is 0 Å². The monoisotopic (exact) mass is 126 g/mol. The fraction of sp³-hybridized carbons (Fsp3) is 1.00. The average molecular weight is 126 g/mol. The third-order valence-corrected chi connectivity index (χ3v) is 2.25. The normalized spacial score (nSPS) is 24.0. The molecule has 0 heterocycles. The number of rotatable bonds is 0. The average Bonchev–Trinajstić information content (AvgIpc) is 2.00. The van der Waals surface area contributed by atoms with E-state index in [9.17, 15) is 0 Å². The van der Waals surface area contributed by atoms with Gasteiger partial charge in [-0.15, -0.1) is 0 Å². The molecule has 0 aromatic heterocycles. The van der Waals surface area contributed by atoms with Crippen LogP contribution < -0.4 is 0 Å². The van der Waals surface area contributed by atoms with Gasteiger partial charge in [-0.05, 0) is 0 Å². The third kappa shape index (κ3) is 3.56. The van der Waals surface area contributed by atoms with Crippen LogP contribution in [0.2, 0.25) is 0 Å². The molecule has 1 fully saturated rings. The van der Waals surface area contributed by atoms with E-state index in [1.807, 2.05) is 0 Å². The van der Waals surface area contributed by atoms with Crippen LogP contribution in [-0.2, 0) is 0 Å². The van der Waals surface area contributed by atoms with Gasteiger partial charge in [-0.2, -0.15) is 0 Å². The van der Waals surface area contributed by atoms with Crippen LogP contribution in [0.25, 0.3) is 0 Å². The molecule has 54 valence electrons. The van der Waals surface area contributed by atoms with Gasteiger partial charge in [0.05, 0.1) is 0 Å². The number of hydrogen-bond acceptors (Lipinski definition) is 0. The first kappa shape index (κ1) is 7.11. The SMILES string of the molecule is C1CCCCCCCC1. The zero-order valence-corrected chi connectivity index (χ0v) is 6.36. The van der Waals surface area contributed by atoms with Gasteiger partial charge in [-0.3, -0.25) is 0 Å². The van der Waals surface area contributed by atoms with Gasteiger partial charge in [-0.25, -0.2) is 0 Å². The molecular weight excluding hydrogens is 108 g/mol. The molecule has 0 saturated heterocycles. The third-order valence-electron chi connectivity index (χ3n) is 2.25. The quantitative estimate of drug-likeness (QED) is 0.466. The van der Waals surface area contributed by atoms with E-state index >= 15 is 0 Å². The zero-order valence-electron chi connectivity index (χ0n) is 6.36. The summed E-state index contributed by atoms with van der Waals surface area (Å²) < 4.78 is 0. The van der Waals surface area contributed by atoms with Gasteiger partial charge in [0.25, 0.3) is 0 Å². The van der Waals surface area contributed by atoms with Crippen molar-refractivity contribution in [1.82, 2.24) is 0 Å². The molecule has 0 bridgehead atoms. The molecule has 0 unspecified atom stereocenters. The molecule has 0 heteroatoms. The Morgan fingerprint density at radius 1 is 0.222 bits per heavy atom. The van der Waals surface area contributed by atoms with Gasteiger partial charge in [-0.1, -0.05) is 57.8 Å². The lowest BCUT2D eigenvalue weighted by molar-refractivity contribution is 0.624. The summed E-state index contributed by atoms with van der Waals surface area (Å²) in [6.45, 7) is 0. The van der Waals surface area contributed by atoms with E-state index < -0.39 is 0 Å². The smallest absolute Gasteiger partial charge is 0.0533 e. The fourth-order valence-electron chi connectivity index (χ4n) is 1.59. The Hall–Kier alpha value is 0. The maximum absolute atomic E-state index is 1.50. The van der Waals surface area contributed by atoms with E-state index in [4.69, 9.17) is 0 Å².